The molecule has 2 aromatic heterocycles. The quantitative estimate of drug-likeness (QED) is 0.914. The van der Waals surface area contributed by atoms with Gasteiger partial charge in [0.1, 0.15) is 11.5 Å². The molecule has 1 amide bonds. The molecular weight excluding hydrogens is 260 g/mol. The zero-order valence-corrected chi connectivity index (χ0v) is 11.6. The van der Waals surface area contributed by atoms with E-state index in [2.05, 4.69) is 15.0 Å². The molecule has 1 fully saturated rings. The number of H-pyrrole nitrogens is 1. The fourth-order valence-corrected chi connectivity index (χ4v) is 3.10. The molecule has 19 heavy (non-hydrogen) atoms. The first-order valence-corrected chi connectivity index (χ1v) is 7.32. The Hall–Kier alpha value is -1.69. The summed E-state index contributed by atoms with van der Waals surface area (Å²) < 4.78 is 0. The number of thiazole rings is 1. The molecular formula is C13H16N4OS. The summed E-state index contributed by atoms with van der Waals surface area (Å²) in [5, 5.41) is 2.77. The molecule has 1 unspecified atom stereocenters. The number of nitrogens with one attached hydrogen (secondary N) is 1. The monoisotopic (exact) mass is 276 g/mol. The Bertz CT molecular complexity index is 563. The molecule has 1 aliphatic heterocycles. The van der Waals surface area contributed by atoms with Crippen molar-refractivity contribution in [3.05, 3.63) is 34.3 Å². The largest absolute Gasteiger partial charge is 0.348 e. The number of amides is 1. The van der Waals surface area contributed by atoms with E-state index in [4.69, 9.17) is 0 Å². The molecule has 1 atom stereocenters. The highest BCUT2D eigenvalue weighted by Gasteiger charge is 2.27. The Labute approximate surface area is 115 Å². The fourth-order valence-electron chi connectivity index (χ4n) is 2.51. The molecule has 0 aromatic carbocycles. The second kappa shape index (κ2) is 5.13. The number of rotatable bonds is 2. The maximum atomic E-state index is 12.4. The van der Waals surface area contributed by atoms with E-state index in [0.29, 0.717) is 11.6 Å². The van der Waals surface area contributed by atoms with E-state index >= 15 is 0 Å². The number of nitrogens with zero attached hydrogens (tertiary/aromatic N) is 3. The molecule has 0 aliphatic carbocycles. The first kappa shape index (κ1) is 12.3. The van der Waals surface area contributed by atoms with Crippen LogP contribution in [0, 0.1) is 6.92 Å². The maximum absolute atomic E-state index is 12.4. The molecule has 2 aromatic rings. The molecule has 1 aliphatic rings. The third kappa shape index (κ3) is 2.53. The first-order valence-electron chi connectivity index (χ1n) is 6.44. The Kier molecular flexibility index (Phi) is 3.33. The van der Waals surface area contributed by atoms with Crippen LogP contribution in [0.5, 0.6) is 0 Å². The lowest BCUT2D eigenvalue weighted by Gasteiger charge is -2.31. The number of carbonyl (C=O) groups is 1. The van der Waals surface area contributed by atoms with Crippen molar-refractivity contribution in [2.75, 3.05) is 13.1 Å². The van der Waals surface area contributed by atoms with Gasteiger partial charge in [-0.25, -0.2) is 9.97 Å². The highest BCUT2D eigenvalue weighted by Crippen LogP contribution is 2.25. The second-order valence-electron chi connectivity index (χ2n) is 4.82. The minimum Gasteiger partial charge on any atom is -0.348 e. The van der Waals surface area contributed by atoms with Crippen LogP contribution in [-0.2, 0) is 0 Å². The van der Waals surface area contributed by atoms with Crippen molar-refractivity contribution in [3.8, 4) is 0 Å². The van der Waals surface area contributed by atoms with E-state index in [9.17, 15) is 4.79 Å². The molecule has 6 heteroatoms. The van der Waals surface area contributed by atoms with Crippen molar-refractivity contribution in [1.82, 2.24) is 19.9 Å². The van der Waals surface area contributed by atoms with Crippen LogP contribution in [0.15, 0.2) is 17.8 Å². The lowest BCUT2D eigenvalue weighted by Crippen LogP contribution is -2.39. The molecule has 1 saturated heterocycles. The van der Waals surface area contributed by atoms with E-state index in [-0.39, 0.29) is 5.91 Å². The number of hydrogen-bond acceptors (Lipinski definition) is 4. The molecule has 3 rings (SSSR count). The normalized spacial score (nSPS) is 19.6. The third-order valence-electron chi connectivity index (χ3n) is 3.45. The summed E-state index contributed by atoms with van der Waals surface area (Å²) >= 11 is 1.52. The maximum Gasteiger partial charge on any atom is 0.273 e. The van der Waals surface area contributed by atoms with Crippen molar-refractivity contribution in [2.24, 2.45) is 0 Å². The number of aryl methyl sites for hydroxylation is 1. The van der Waals surface area contributed by atoms with Gasteiger partial charge in [-0.2, -0.15) is 0 Å². The van der Waals surface area contributed by atoms with Crippen LogP contribution in [-0.4, -0.2) is 38.8 Å². The number of aromatic nitrogens is 3. The van der Waals surface area contributed by atoms with Crippen molar-refractivity contribution in [1.29, 1.82) is 0 Å². The SMILES string of the molecule is Cc1nc(C(=O)N2CCCC(c3ncc[nH]3)C2)cs1. The predicted octanol–water partition coefficient (Wildman–Crippen LogP) is 2.19. The molecule has 1 N–H and O–H groups in total. The van der Waals surface area contributed by atoms with Gasteiger partial charge in [0.05, 0.1) is 5.01 Å². The predicted molar refractivity (Wildman–Crippen MR) is 73.3 cm³/mol. The van der Waals surface area contributed by atoms with Crippen LogP contribution in [0.3, 0.4) is 0 Å². The van der Waals surface area contributed by atoms with E-state index < -0.39 is 0 Å². The molecule has 0 saturated carbocycles. The van der Waals surface area contributed by atoms with Gasteiger partial charge in [0.25, 0.3) is 5.91 Å². The summed E-state index contributed by atoms with van der Waals surface area (Å²) in [5.74, 6) is 1.33. The zero-order valence-electron chi connectivity index (χ0n) is 10.8. The topological polar surface area (TPSA) is 61.9 Å². The lowest BCUT2D eigenvalue weighted by molar-refractivity contribution is 0.0699. The fraction of sp³-hybridized carbons (Fsp3) is 0.462. The number of imidazole rings is 1. The van der Waals surface area contributed by atoms with Crippen LogP contribution in [0.1, 0.15) is 40.1 Å². The Balaban J connectivity index is 1.73. The van der Waals surface area contributed by atoms with Crippen LogP contribution in [0.2, 0.25) is 0 Å². The molecule has 5 nitrogen and oxygen atoms in total. The Morgan fingerprint density at radius 3 is 3.16 bits per heavy atom. The smallest absolute Gasteiger partial charge is 0.273 e. The molecule has 0 spiro atoms. The molecule has 0 radical (unpaired) electrons. The van der Waals surface area contributed by atoms with E-state index in [1.165, 1.54) is 11.3 Å². The summed E-state index contributed by atoms with van der Waals surface area (Å²) in [4.78, 5) is 26.0. The van der Waals surface area contributed by atoms with E-state index in [1.807, 2.05) is 23.4 Å². The van der Waals surface area contributed by atoms with Crippen LogP contribution < -0.4 is 0 Å². The minimum absolute atomic E-state index is 0.0422. The summed E-state index contributed by atoms with van der Waals surface area (Å²) in [7, 11) is 0. The van der Waals surface area contributed by atoms with Crippen LogP contribution in [0.4, 0.5) is 0 Å². The standard InChI is InChI=1S/C13H16N4OS/c1-9-16-11(8-19-9)13(18)17-6-2-3-10(7-17)12-14-4-5-15-12/h4-5,8,10H,2-3,6-7H2,1H3,(H,14,15). The lowest BCUT2D eigenvalue weighted by atomic mass is 9.97. The third-order valence-corrected chi connectivity index (χ3v) is 4.23. The van der Waals surface area contributed by atoms with Crippen molar-refractivity contribution in [2.45, 2.75) is 25.7 Å². The van der Waals surface area contributed by atoms with Gasteiger partial charge in [0.15, 0.2) is 0 Å². The molecule has 3 heterocycles. The second-order valence-corrected chi connectivity index (χ2v) is 5.88. The van der Waals surface area contributed by atoms with Gasteiger partial charge in [-0.3, -0.25) is 4.79 Å². The Morgan fingerprint density at radius 1 is 1.58 bits per heavy atom. The van der Waals surface area contributed by atoms with Crippen molar-refractivity contribution < 1.29 is 4.79 Å². The van der Waals surface area contributed by atoms with Gasteiger partial charge in [0, 0.05) is 36.8 Å². The highest BCUT2D eigenvalue weighted by molar-refractivity contribution is 7.09. The highest BCUT2D eigenvalue weighted by atomic mass is 32.1. The van der Waals surface area contributed by atoms with Crippen molar-refractivity contribution in [3.63, 3.8) is 0 Å². The summed E-state index contributed by atoms with van der Waals surface area (Å²) in [5.41, 5.74) is 0.572. The van der Waals surface area contributed by atoms with Gasteiger partial charge < -0.3 is 9.88 Å². The number of likely N-dealkylation sites (tertiary alicyclic amines) is 1. The van der Waals surface area contributed by atoms with E-state index in [0.717, 1.165) is 36.8 Å². The number of aromatic amines is 1. The van der Waals surface area contributed by atoms with Crippen LogP contribution >= 0.6 is 11.3 Å². The van der Waals surface area contributed by atoms with Gasteiger partial charge in [0.2, 0.25) is 0 Å². The molecule has 0 bridgehead atoms. The number of carbonyl (C=O) groups excluding carboxylic acids is 1. The number of piperidine rings is 1. The molecule has 100 valence electrons. The van der Waals surface area contributed by atoms with Gasteiger partial charge in [-0.15, -0.1) is 11.3 Å². The zero-order chi connectivity index (χ0) is 13.2. The average molecular weight is 276 g/mol. The van der Waals surface area contributed by atoms with Gasteiger partial charge >= 0.3 is 0 Å². The Morgan fingerprint density at radius 2 is 2.47 bits per heavy atom. The van der Waals surface area contributed by atoms with Gasteiger partial charge in [-0.05, 0) is 19.8 Å². The van der Waals surface area contributed by atoms with Gasteiger partial charge in [-0.1, -0.05) is 0 Å². The summed E-state index contributed by atoms with van der Waals surface area (Å²) in [6.07, 6.45) is 5.69. The summed E-state index contributed by atoms with van der Waals surface area (Å²) in [6.45, 7) is 3.46. The minimum atomic E-state index is 0.0422. The average Bonchev–Trinajstić information content (AvgIpc) is 3.09. The van der Waals surface area contributed by atoms with Crippen LogP contribution in [0.25, 0.3) is 0 Å². The number of hydrogen-bond donors (Lipinski definition) is 1. The first-order chi connectivity index (χ1) is 9.24. The summed E-state index contributed by atoms with van der Waals surface area (Å²) in [6, 6.07) is 0. The van der Waals surface area contributed by atoms with Crippen molar-refractivity contribution >= 4 is 17.2 Å². The van der Waals surface area contributed by atoms with E-state index in [1.54, 1.807) is 6.20 Å².